The predicted molar refractivity (Wildman–Crippen MR) is 76.3 cm³/mol. The van der Waals surface area contributed by atoms with Crippen LogP contribution in [0.25, 0.3) is 0 Å². The number of hydrogen-bond donors (Lipinski definition) is 0. The minimum Gasteiger partial charge on any atom is -0.468 e. The Kier molecular flexibility index (Phi) is 4.95. The first-order valence-corrected chi connectivity index (χ1v) is 6.98. The minimum atomic E-state index is -0.218. The molecule has 0 aliphatic carbocycles. The zero-order chi connectivity index (χ0) is 14.5. The first-order chi connectivity index (χ1) is 9.65. The highest BCUT2D eigenvalue weighted by Crippen LogP contribution is 2.18. The van der Waals surface area contributed by atoms with Crippen LogP contribution in [0.4, 0.5) is 10.1 Å². The molecule has 1 atom stereocenters. The van der Waals surface area contributed by atoms with Crippen molar-refractivity contribution in [1.29, 1.82) is 0 Å². The molecule has 4 nitrogen and oxygen atoms in total. The first-order valence-electron chi connectivity index (χ1n) is 6.98. The molecule has 0 amide bonds. The highest BCUT2D eigenvalue weighted by Gasteiger charge is 2.28. The van der Waals surface area contributed by atoms with Gasteiger partial charge in [-0.05, 0) is 30.7 Å². The molecule has 0 aromatic heterocycles. The number of carbonyl (C=O) groups excluding carboxylic acids is 1. The quantitative estimate of drug-likeness (QED) is 0.789. The number of hydrogen-bond acceptors (Lipinski definition) is 4. The molecular formula is C15H21FN2O2. The number of nitrogens with zero attached hydrogens (tertiary/aromatic N) is 2. The van der Waals surface area contributed by atoms with Gasteiger partial charge in [0.2, 0.25) is 0 Å². The van der Waals surface area contributed by atoms with Crippen molar-refractivity contribution in [2.45, 2.75) is 19.4 Å². The van der Waals surface area contributed by atoms with Crippen LogP contribution in [0.5, 0.6) is 0 Å². The van der Waals surface area contributed by atoms with Crippen LogP contribution in [0.1, 0.15) is 13.3 Å². The average molecular weight is 280 g/mol. The smallest absolute Gasteiger partial charge is 0.323 e. The summed E-state index contributed by atoms with van der Waals surface area (Å²) in [5.74, 6) is -0.383. The molecule has 2 rings (SSSR count). The second kappa shape index (κ2) is 6.70. The zero-order valence-electron chi connectivity index (χ0n) is 12.0. The van der Waals surface area contributed by atoms with Crippen molar-refractivity contribution in [2.75, 3.05) is 38.2 Å². The van der Waals surface area contributed by atoms with Gasteiger partial charge in [-0.1, -0.05) is 6.92 Å². The largest absolute Gasteiger partial charge is 0.468 e. The van der Waals surface area contributed by atoms with Gasteiger partial charge in [0, 0.05) is 31.9 Å². The van der Waals surface area contributed by atoms with Gasteiger partial charge in [-0.15, -0.1) is 0 Å². The third-order valence-corrected chi connectivity index (χ3v) is 3.81. The summed E-state index contributed by atoms with van der Waals surface area (Å²) in [5.41, 5.74) is 1.03. The lowest BCUT2D eigenvalue weighted by Crippen LogP contribution is -2.52. The van der Waals surface area contributed by atoms with Crippen molar-refractivity contribution < 1.29 is 13.9 Å². The Balaban J connectivity index is 1.94. The van der Waals surface area contributed by atoms with Crippen molar-refractivity contribution >= 4 is 11.7 Å². The summed E-state index contributed by atoms with van der Waals surface area (Å²) in [6.07, 6.45) is 0.753. The van der Waals surface area contributed by atoms with Crippen molar-refractivity contribution in [3.05, 3.63) is 30.1 Å². The normalized spacial score (nSPS) is 17.9. The summed E-state index contributed by atoms with van der Waals surface area (Å²) in [6.45, 7) is 5.28. The maximum Gasteiger partial charge on any atom is 0.323 e. The number of halogens is 1. The summed E-state index contributed by atoms with van der Waals surface area (Å²) >= 11 is 0. The molecule has 0 saturated carbocycles. The molecule has 1 saturated heterocycles. The molecule has 0 bridgehead atoms. The Labute approximate surface area is 119 Å². The van der Waals surface area contributed by atoms with Gasteiger partial charge in [0.15, 0.2) is 0 Å². The van der Waals surface area contributed by atoms with E-state index in [4.69, 9.17) is 4.74 Å². The fourth-order valence-corrected chi connectivity index (χ4v) is 2.65. The van der Waals surface area contributed by atoms with E-state index in [0.717, 1.165) is 38.3 Å². The van der Waals surface area contributed by atoms with Gasteiger partial charge in [-0.3, -0.25) is 9.69 Å². The number of esters is 1. The number of carbonyl (C=O) groups is 1. The Morgan fingerprint density at radius 1 is 1.25 bits per heavy atom. The van der Waals surface area contributed by atoms with Crippen LogP contribution in [0.15, 0.2) is 24.3 Å². The standard InChI is InChI=1S/C15H21FN2O2/c1-3-14(15(19)20-2)18-10-8-17(9-11-18)13-6-4-12(16)5-7-13/h4-7,14H,3,8-11H2,1-2H3/t14-/m1/s1. The van der Waals surface area contributed by atoms with Crippen molar-refractivity contribution in [3.63, 3.8) is 0 Å². The van der Waals surface area contributed by atoms with Crippen molar-refractivity contribution in [1.82, 2.24) is 4.90 Å². The van der Waals surface area contributed by atoms with Crippen LogP contribution in [-0.2, 0) is 9.53 Å². The van der Waals surface area contributed by atoms with Gasteiger partial charge in [-0.25, -0.2) is 4.39 Å². The SMILES string of the molecule is CC[C@H](C(=O)OC)N1CCN(c2ccc(F)cc2)CC1. The monoisotopic (exact) mass is 280 g/mol. The number of methoxy groups -OCH3 is 1. The lowest BCUT2D eigenvalue weighted by molar-refractivity contribution is -0.147. The molecule has 1 aliphatic rings. The second-order valence-electron chi connectivity index (χ2n) is 4.95. The van der Waals surface area contributed by atoms with Gasteiger partial charge >= 0.3 is 5.97 Å². The molecule has 0 radical (unpaired) electrons. The molecular weight excluding hydrogens is 259 g/mol. The highest BCUT2D eigenvalue weighted by molar-refractivity contribution is 5.75. The molecule has 0 N–H and O–H groups in total. The molecule has 1 aromatic rings. The molecule has 5 heteroatoms. The van der Waals surface area contributed by atoms with E-state index >= 15 is 0 Å². The first kappa shape index (κ1) is 14.8. The Morgan fingerprint density at radius 3 is 2.35 bits per heavy atom. The molecule has 110 valence electrons. The average Bonchev–Trinajstić information content (AvgIpc) is 2.49. The van der Waals surface area contributed by atoms with E-state index < -0.39 is 0 Å². The summed E-state index contributed by atoms with van der Waals surface area (Å²) < 4.78 is 17.8. The van der Waals surface area contributed by atoms with Gasteiger partial charge in [0.1, 0.15) is 11.9 Å². The van der Waals surface area contributed by atoms with E-state index in [-0.39, 0.29) is 17.8 Å². The fourth-order valence-electron chi connectivity index (χ4n) is 2.65. The Hall–Kier alpha value is -1.62. The molecule has 0 unspecified atom stereocenters. The van der Waals surface area contributed by atoms with Crippen LogP contribution in [-0.4, -0.2) is 50.2 Å². The molecule has 20 heavy (non-hydrogen) atoms. The van der Waals surface area contributed by atoms with Crippen LogP contribution in [0, 0.1) is 5.82 Å². The second-order valence-corrected chi connectivity index (χ2v) is 4.95. The maximum absolute atomic E-state index is 12.9. The molecule has 1 aromatic carbocycles. The van der Waals surface area contributed by atoms with E-state index in [1.54, 1.807) is 12.1 Å². The predicted octanol–water partition coefficient (Wildman–Crippen LogP) is 1.90. The van der Waals surface area contributed by atoms with Crippen LogP contribution >= 0.6 is 0 Å². The summed E-state index contributed by atoms with van der Waals surface area (Å²) in [7, 11) is 1.43. The van der Waals surface area contributed by atoms with E-state index in [9.17, 15) is 9.18 Å². The molecule has 0 spiro atoms. The van der Waals surface area contributed by atoms with Gasteiger partial charge in [-0.2, -0.15) is 0 Å². The third kappa shape index (κ3) is 3.28. The summed E-state index contributed by atoms with van der Waals surface area (Å²) in [4.78, 5) is 16.1. The number of rotatable bonds is 4. The van der Waals surface area contributed by atoms with Crippen molar-refractivity contribution in [3.8, 4) is 0 Å². The molecule has 1 fully saturated rings. The highest BCUT2D eigenvalue weighted by atomic mass is 19.1. The number of anilines is 1. The summed E-state index contributed by atoms with van der Waals surface area (Å²) in [6, 6.07) is 6.39. The molecule has 1 aliphatic heterocycles. The number of piperazine rings is 1. The van der Waals surface area contributed by atoms with E-state index in [1.165, 1.54) is 19.2 Å². The van der Waals surface area contributed by atoms with E-state index in [0.29, 0.717) is 0 Å². The Morgan fingerprint density at radius 2 is 1.85 bits per heavy atom. The van der Waals surface area contributed by atoms with E-state index in [1.807, 2.05) is 6.92 Å². The topological polar surface area (TPSA) is 32.8 Å². The van der Waals surface area contributed by atoms with E-state index in [2.05, 4.69) is 9.80 Å². The fraction of sp³-hybridized carbons (Fsp3) is 0.533. The lowest BCUT2D eigenvalue weighted by atomic mass is 10.1. The molecule has 1 heterocycles. The number of ether oxygens (including phenoxy) is 1. The van der Waals surface area contributed by atoms with Crippen molar-refractivity contribution in [2.24, 2.45) is 0 Å². The maximum atomic E-state index is 12.9. The van der Waals surface area contributed by atoms with Crippen LogP contribution in [0.3, 0.4) is 0 Å². The van der Waals surface area contributed by atoms with Crippen LogP contribution in [0.2, 0.25) is 0 Å². The minimum absolute atomic E-state index is 0.157. The van der Waals surface area contributed by atoms with Gasteiger partial charge in [0.05, 0.1) is 7.11 Å². The Bertz CT molecular complexity index is 442. The van der Waals surface area contributed by atoms with Crippen LogP contribution < -0.4 is 4.90 Å². The van der Waals surface area contributed by atoms with Gasteiger partial charge < -0.3 is 9.64 Å². The number of benzene rings is 1. The third-order valence-electron chi connectivity index (χ3n) is 3.81. The zero-order valence-corrected chi connectivity index (χ0v) is 12.0. The summed E-state index contributed by atoms with van der Waals surface area (Å²) in [5, 5.41) is 0. The lowest BCUT2D eigenvalue weighted by Gasteiger charge is -2.38. The van der Waals surface area contributed by atoms with Gasteiger partial charge in [0.25, 0.3) is 0 Å².